The SMILES string of the molecule is CN(C[C@@H]1CCCN(C)[C@H]1c1cnn(C)c1)C(=O)CCC1CCCCO1. The molecule has 0 aliphatic carbocycles. The Balaban J connectivity index is 1.55. The minimum absolute atomic E-state index is 0.248. The van der Waals surface area contributed by atoms with Crippen LogP contribution in [0.4, 0.5) is 0 Å². The van der Waals surface area contributed by atoms with Crippen LogP contribution >= 0.6 is 0 Å². The van der Waals surface area contributed by atoms with Gasteiger partial charge in [0.1, 0.15) is 0 Å². The van der Waals surface area contributed by atoms with Crippen molar-refractivity contribution in [3.05, 3.63) is 18.0 Å². The second kappa shape index (κ2) is 9.00. The molecule has 0 radical (unpaired) electrons. The van der Waals surface area contributed by atoms with Gasteiger partial charge in [0.15, 0.2) is 0 Å². The maximum Gasteiger partial charge on any atom is 0.222 e. The largest absolute Gasteiger partial charge is 0.378 e. The lowest BCUT2D eigenvalue weighted by Gasteiger charge is -2.40. The molecule has 2 aliphatic heterocycles. The van der Waals surface area contributed by atoms with Crippen LogP contribution in [-0.4, -0.2) is 65.4 Å². The number of piperidine rings is 1. The van der Waals surface area contributed by atoms with Crippen molar-refractivity contribution in [1.29, 1.82) is 0 Å². The van der Waals surface area contributed by atoms with Crippen LogP contribution in [0.1, 0.15) is 56.6 Å². The number of carbonyl (C=O) groups excluding carboxylic acids is 1. The number of aryl methyl sites for hydroxylation is 1. The zero-order chi connectivity index (χ0) is 18.5. The van der Waals surface area contributed by atoms with Gasteiger partial charge in [0, 0.05) is 51.5 Å². The van der Waals surface area contributed by atoms with Crippen LogP contribution in [0.25, 0.3) is 0 Å². The van der Waals surface area contributed by atoms with Gasteiger partial charge in [0.05, 0.1) is 12.3 Å². The van der Waals surface area contributed by atoms with Gasteiger partial charge in [0.2, 0.25) is 5.91 Å². The van der Waals surface area contributed by atoms with Gasteiger partial charge in [-0.2, -0.15) is 5.10 Å². The van der Waals surface area contributed by atoms with Gasteiger partial charge in [-0.05, 0) is 58.0 Å². The van der Waals surface area contributed by atoms with Crippen molar-refractivity contribution in [2.75, 3.05) is 33.8 Å². The van der Waals surface area contributed by atoms with E-state index in [9.17, 15) is 4.79 Å². The quantitative estimate of drug-likeness (QED) is 0.781. The molecule has 3 atom stereocenters. The van der Waals surface area contributed by atoms with E-state index in [-0.39, 0.29) is 12.0 Å². The normalized spacial score (nSPS) is 27.4. The van der Waals surface area contributed by atoms with Crippen LogP contribution in [0.5, 0.6) is 0 Å². The molecule has 0 N–H and O–H groups in total. The van der Waals surface area contributed by atoms with E-state index in [1.807, 2.05) is 29.9 Å². The van der Waals surface area contributed by atoms with E-state index in [4.69, 9.17) is 4.74 Å². The van der Waals surface area contributed by atoms with Crippen molar-refractivity contribution in [2.45, 2.75) is 57.1 Å². The minimum Gasteiger partial charge on any atom is -0.378 e. The molecule has 1 aromatic rings. The number of likely N-dealkylation sites (tertiary alicyclic amines) is 1. The molecular formula is C20H34N4O2. The summed E-state index contributed by atoms with van der Waals surface area (Å²) in [4.78, 5) is 17.0. The molecule has 0 saturated carbocycles. The fourth-order valence-corrected chi connectivity index (χ4v) is 4.53. The molecule has 2 saturated heterocycles. The standard InChI is InChI=1S/C20H34N4O2/c1-22-11-6-7-16(20(22)17-13-21-24(3)15-17)14-23(2)19(25)10-9-18-8-4-5-12-26-18/h13,15-16,18,20H,4-12,14H2,1-3H3/t16-,18?,20+/m0/s1. The van der Waals surface area contributed by atoms with Gasteiger partial charge in [-0.1, -0.05) is 0 Å². The molecule has 0 spiro atoms. The highest BCUT2D eigenvalue weighted by atomic mass is 16.5. The number of nitrogens with zero attached hydrogens (tertiary/aromatic N) is 4. The Morgan fingerprint density at radius 1 is 1.31 bits per heavy atom. The minimum atomic E-state index is 0.248. The van der Waals surface area contributed by atoms with Crippen LogP contribution in [0.3, 0.4) is 0 Å². The zero-order valence-electron chi connectivity index (χ0n) is 16.6. The summed E-state index contributed by atoms with van der Waals surface area (Å²) in [6.07, 6.45) is 11.7. The van der Waals surface area contributed by atoms with Crippen LogP contribution in [0.2, 0.25) is 0 Å². The number of amides is 1. The topological polar surface area (TPSA) is 50.6 Å². The molecule has 3 rings (SSSR count). The highest BCUT2D eigenvalue weighted by Gasteiger charge is 2.32. The van der Waals surface area contributed by atoms with E-state index >= 15 is 0 Å². The molecule has 1 aromatic heterocycles. The Kier molecular flexibility index (Phi) is 6.70. The second-order valence-corrected chi connectivity index (χ2v) is 8.08. The van der Waals surface area contributed by atoms with Gasteiger partial charge in [-0.25, -0.2) is 0 Å². The second-order valence-electron chi connectivity index (χ2n) is 8.08. The van der Waals surface area contributed by atoms with E-state index in [1.165, 1.54) is 18.4 Å². The van der Waals surface area contributed by atoms with Crippen molar-refractivity contribution in [3.8, 4) is 0 Å². The Morgan fingerprint density at radius 3 is 2.85 bits per heavy atom. The summed E-state index contributed by atoms with van der Waals surface area (Å²) in [6.45, 7) is 2.77. The Morgan fingerprint density at radius 2 is 2.15 bits per heavy atom. The molecule has 1 unspecified atom stereocenters. The number of hydrogen-bond donors (Lipinski definition) is 0. The summed E-state index contributed by atoms with van der Waals surface area (Å²) in [5.74, 6) is 0.704. The lowest BCUT2D eigenvalue weighted by atomic mass is 9.85. The lowest BCUT2D eigenvalue weighted by molar-refractivity contribution is -0.132. The zero-order valence-corrected chi connectivity index (χ0v) is 16.6. The molecule has 146 valence electrons. The van der Waals surface area contributed by atoms with Gasteiger partial charge >= 0.3 is 0 Å². The fourth-order valence-electron chi connectivity index (χ4n) is 4.53. The number of hydrogen-bond acceptors (Lipinski definition) is 4. The van der Waals surface area contributed by atoms with E-state index in [2.05, 4.69) is 23.2 Å². The first-order valence-corrected chi connectivity index (χ1v) is 10.1. The first-order valence-electron chi connectivity index (χ1n) is 10.1. The van der Waals surface area contributed by atoms with Gasteiger partial charge in [0.25, 0.3) is 0 Å². The summed E-state index contributed by atoms with van der Waals surface area (Å²) in [5, 5.41) is 4.35. The van der Waals surface area contributed by atoms with Gasteiger partial charge in [-0.15, -0.1) is 0 Å². The molecule has 0 bridgehead atoms. The average Bonchev–Trinajstić information content (AvgIpc) is 3.06. The summed E-state index contributed by atoms with van der Waals surface area (Å²) in [5.41, 5.74) is 1.26. The van der Waals surface area contributed by atoms with E-state index < -0.39 is 0 Å². The van der Waals surface area contributed by atoms with E-state index in [0.29, 0.717) is 18.4 Å². The molecule has 6 nitrogen and oxygen atoms in total. The van der Waals surface area contributed by atoms with Crippen molar-refractivity contribution in [1.82, 2.24) is 19.6 Å². The number of aromatic nitrogens is 2. The van der Waals surface area contributed by atoms with Gasteiger partial charge in [-0.3, -0.25) is 14.4 Å². The third-order valence-corrected chi connectivity index (χ3v) is 5.96. The van der Waals surface area contributed by atoms with Crippen LogP contribution in [0, 0.1) is 5.92 Å². The summed E-state index contributed by atoms with van der Waals surface area (Å²) < 4.78 is 7.63. The highest BCUT2D eigenvalue weighted by molar-refractivity contribution is 5.75. The molecule has 0 aromatic carbocycles. The predicted molar refractivity (Wildman–Crippen MR) is 102 cm³/mol. The molecule has 6 heteroatoms. The maximum atomic E-state index is 12.6. The maximum absolute atomic E-state index is 12.6. The smallest absolute Gasteiger partial charge is 0.222 e. The first kappa shape index (κ1) is 19.4. The van der Waals surface area contributed by atoms with Crippen molar-refractivity contribution >= 4 is 5.91 Å². The number of rotatable bonds is 6. The fraction of sp³-hybridized carbons (Fsp3) is 0.800. The van der Waals surface area contributed by atoms with Gasteiger partial charge < -0.3 is 9.64 Å². The number of carbonyl (C=O) groups is 1. The molecule has 1 amide bonds. The molecule has 3 heterocycles. The summed E-state index contributed by atoms with van der Waals surface area (Å²) in [6, 6.07) is 0.342. The molecule has 26 heavy (non-hydrogen) atoms. The van der Waals surface area contributed by atoms with Crippen molar-refractivity contribution < 1.29 is 9.53 Å². The predicted octanol–water partition coefficient (Wildman–Crippen LogP) is 2.61. The third-order valence-electron chi connectivity index (χ3n) is 5.96. The van der Waals surface area contributed by atoms with Crippen molar-refractivity contribution in [3.63, 3.8) is 0 Å². The van der Waals surface area contributed by atoms with Crippen LogP contribution in [-0.2, 0) is 16.6 Å². The third kappa shape index (κ3) is 4.86. The summed E-state index contributed by atoms with van der Waals surface area (Å²) in [7, 11) is 6.11. The molecular weight excluding hydrogens is 328 g/mol. The Bertz CT molecular complexity index is 582. The van der Waals surface area contributed by atoms with E-state index in [1.54, 1.807) is 0 Å². The lowest BCUT2D eigenvalue weighted by Crippen LogP contribution is -2.42. The Labute approximate surface area is 157 Å². The monoisotopic (exact) mass is 362 g/mol. The Hall–Kier alpha value is -1.40. The van der Waals surface area contributed by atoms with Crippen molar-refractivity contribution in [2.24, 2.45) is 13.0 Å². The number of ether oxygens (including phenoxy) is 1. The average molecular weight is 363 g/mol. The molecule has 2 fully saturated rings. The summed E-state index contributed by atoms with van der Waals surface area (Å²) >= 11 is 0. The first-order chi connectivity index (χ1) is 12.5. The van der Waals surface area contributed by atoms with Crippen LogP contribution in [0.15, 0.2) is 12.4 Å². The van der Waals surface area contributed by atoms with Crippen LogP contribution < -0.4 is 0 Å². The highest BCUT2D eigenvalue weighted by Crippen LogP contribution is 2.35. The molecule has 2 aliphatic rings. The van der Waals surface area contributed by atoms with E-state index in [0.717, 1.165) is 45.4 Å².